The van der Waals surface area contributed by atoms with E-state index in [1.807, 2.05) is 0 Å². The number of nitrogens with zero attached hydrogens (tertiary/aromatic N) is 1. The second-order valence-corrected chi connectivity index (χ2v) is 16.4. The van der Waals surface area contributed by atoms with Crippen molar-refractivity contribution in [3.63, 3.8) is 0 Å². The van der Waals surface area contributed by atoms with Gasteiger partial charge in [0.15, 0.2) is 0 Å². The van der Waals surface area contributed by atoms with Crippen LogP contribution in [0.5, 0.6) is 0 Å². The first-order valence-electron chi connectivity index (χ1n) is 21.2. The molecule has 12 aromatic rings. The average Bonchev–Trinajstić information content (AvgIpc) is 3.68. The Labute approximate surface area is 354 Å². The fourth-order valence-electron chi connectivity index (χ4n) is 10.4. The van der Waals surface area contributed by atoms with Gasteiger partial charge in [-0.15, -0.1) is 0 Å². The van der Waals surface area contributed by atoms with Crippen LogP contribution in [0.1, 0.15) is 0 Å². The molecule has 0 saturated carbocycles. The summed E-state index contributed by atoms with van der Waals surface area (Å²) in [6.45, 7) is 0. The van der Waals surface area contributed by atoms with Crippen molar-refractivity contribution in [1.29, 1.82) is 0 Å². The van der Waals surface area contributed by atoms with Gasteiger partial charge in [-0.2, -0.15) is 0 Å². The normalized spacial score (nSPS) is 11.9. The molecule has 0 aliphatic heterocycles. The lowest BCUT2D eigenvalue weighted by Crippen LogP contribution is -1.98. The second-order valence-electron chi connectivity index (χ2n) is 16.4. The third kappa shape index (κ3) is 5.14. The lowest BCUT2D eigenvalue weighted by molar-refractivity contribution is 1.18. The Hall–Kier alpha value is -8.00. The summed E-state index contributed by atoms with van der Waals surface area (Å²) in [5, 5.41) is 10.2. The van der Waals surface area contributed by atoms with Crippen LogP contribution >= 0.6 is 0 Å². The molecule has 1 aromatic heterocycles. The lowest BCUT2D eigenvalue weighted by Gasteiger charge is -2.23. The predicted octanol–water partition coefficient (Wildman–Crippen LogP) is 16.6. The van der Waals surface area contributed by atoms with Gasteiger partial charge in [0.25, 0.3) is 0 Å². The molecule has 61 heavy (non-hydrogen) atoms. The van der Waals surface area contributed by atoms with Crippen LogP contribution in [0.4, 0.5) is 0 Å². The van der Waals surface area contributed by atoms with Crippen molar-refractivity contribution in [1.82, 2.24) is 4.57 Å². The van der Waals surface area contributed by atoms with E-state index in [4.69, 9.17) is 0 Å². The minimum Gasteiger partial charge on any atom is -0.309 e. The maximum absolute atomic E-state index is 2.46. The maximum Gasteiger partial charge on any atom is 0.0541 e. The van der Waals surface area contributed by atoms with Crippen molar-refractivity contribution in [2.45, 2.75) is 0 Å². The fourth-order valence-corrected chi connectivity index (χ4v) is 10.4. The minimum atomic E-state index is 1.14. The third-order valence-corrected chi connectivity index (χ3v) is 13.1. The van der Waals surface area contributed by atoms with E-state index in [0.29, 0.717) is 0 Å². The Bertz CT molecular complexity index is 3670. The molecule has 0 atom stereocenters. The molecule has 0 N–H and O–H groups in total. The standard InChI is InChI=1S/C60H37N/c1-2-16-44-43(15-1)45-17-3-5-21-49(45)53-31-29-38(36-57(53)51-23-9-7-19-47(44)51)40-33-41(35-42(34-40)61-59-27-13-11-25-55(59)56-26-12-14-28-60(56)61)39-30-32-54-50-22-6-4-18-46(50)48-20-8-10-24-52(48)58(54)37-39/h1-37H. The van der Waals surface area contributed by atoms with Crippen LogP contribution in [-0.2, 0) is 0 Å². The zero-order chi connectivity index (χ0) is 40.0. The first kappa shape index (κ1) is 33.9. The zero-order valence-corrected chi connectivity index (χ0v) is 33.3. The topological polar surface area (TPSA) is 4.93 Å². The summed E-state index contributed by atoms with van der Waals surface area (Å²) in [4.78, 5) is 0. The van der Waals surface area contributed by atoms with E-state index in [0.717, 1.165) is 5.69 Å². The molecule has 282 valence electrons. The predicted molar refractivity (Wildman–Crippen MR) is 259 cm³/mol. The van der Waals surface area contributed by atoms with E-state index in [2.05, 4.69) is 229 Å². The molecule has 0 amide bonds. The summed E-state index contributed by atoms with van der Waals surface area (Å²) in [6, 6.07) is 83.4. The summed E-state index contributed by atoms with van der Waals surface area (Å²) in [7, 11) is 0. The lowest BCUT2D eigenvalue weighted by atomic mass is 9.80. The third-order valence-electron chi connectivity index (χ3n) is 13.1. The summed E-state index contributed by atoms with van der Waals surface area (Å²) < 4.78 is 2.46. The van der Waals surface area contributed by atoms with Crippen molar-refractivity contribution < 1.29 is 0 Å². The summed E-state index contributed by atoms with van der Waals surface area (Å²) in [5.41, 5.74) is 18.3. The number of hydrogen-bond acceptors (Lipinski definition) is 0. The van der Waals surface area contributed by atoms with E-state index in [-0.39, 0.29) is 0 Å². The largest absolute Gasteiger partial charge is 0.309 e. The number of aromatic nitrogens is 1. The van der Waals surface area contributed by atoms with Crippen LogP contribution in [0.15, 0.2) is 224 Å². The molecule has 1 heteroatoms. The molecule has 1 heterocycles. The molecule has 0 unspecified atom stereocenters. The van der Waals surface area contributed by atoms with E-state index >= 15 is 0 Å². The molecule has 0 bridgehead atoms. The summed E-state index contributed by atoms with van der Waals surface area (Å²) >= 11 is 0. The van der Waals surface area contributed by atoms with Gasteiger partial charge in [0, 0.05) is 16.5 Å². The summed E-state index contributed by atoms with van der Waals surface area (Å²) in [5.74, 6) is 0. The molecule has 0 saturated heterocycles. The molecule has 11 aromatic carbocycles. The van der Waals surface area contributed by atoms with Gasteiger partial charge in [0.2, 0.25) is 0 Å². The van der Waals surface area contributed by atoms with Crippen molar-refractivity contribution in [3.8, 4) is 72.4 Å². The Morgan fingerprint density at radius 3 is 1.03 bits per heavy atom. The molecule has 0 radical (unpaired) electrons. The molecule has 13 rings (SSSR count). The van der Waals surface area contributed by atoms with Gasteiger partial charge < -0.3 is 4.57 Å². The van der Waals surface area contributed by atoms with Gasteiger partial charge in [-0.05, 0) is 142 Å². The Balaban J connectivity index is 1.09. The number of rotatable bonds is 3. The molecule has 0 spiro atoms. The van der Waals surface area contributed by atoms with Crippen LogP contribution in [0.3, 0.4) is 0 Å². The van der Waals surface area contributed by atoms with E-state index in [1.165, 1.54) is 121 Å². The second kappa shape index (κ2) is 13.3. The zero-order valence-electron chi connectivity index (χ0n) is 33.3. The monoisotopic (exact) mass is 771 g/mol. The van der Waals surface area contributed by atoms with Crippen LogP contribution in [0.25, 0.3) is 127 Å². The van der Waals surface area contributed by atoms with Crippen LogP contribution in [-0.4, -0.2) is 4.57 Å². The van der Waals surface area contributed by atoms with Gasteiger partial charge in [-0.25, -0.2) is 0 Å². The maximum atomic E-state index is 2.46. The molecule has 1 aliphatic rings. The Kier molecular flexibility index (Phi) is 7.37. The average molecular weight is 772 g/mol. The molecule has 1 nitrogen and oxygen atoms in total. The fraction of sp³-hybridized carbons (Fsp3) is 0. The SMILES string of the molecule is c1ccc2c(c1)-c1ccccc1-c1ccc(-c3cc(-c4ccc5c6ccccc6c6ccccc6c5c4)cc(-n4c5ccccc5c5ccccc54)c3)cc1-c1ccccc1-2. The number of benzene rings is 11. The summed E-state index contributed by atoms with van der Waals surface area (Å²) in [6.07, 6.45) is 0. The highest BCUT2D eigenvalue weighted by atomic mass is 15.0. The van der Waals surface area contributed by atoms with Crippen LogP contribution < -0.4 is 0 Å². The molecule has 1 aliphatic carbocycles. The van der Waals surface area contributed by atoms with Gasteiger partial charge in [-0.3, -0.25) is 0 Å². The van der Waals surface area contributed by atoms with E-state index < -0.39 is 0 Å². The van der Waals surface area contributed by atoms with Crippen molar-refractivity contribution in [3.05, 3.63) is 224 Å². The number of fused-ring (bicyclic) bond motifs is 17. The minimum absolute atomic E-state index is 1.14. The number of para-hydroxylation sites is 2. The quantitative estimate of drug-likeness (QED) is 0.158. The van der Waals surface area contributed by atoms with Gasteiger partial charge >= 0.3 is 0 Å². The molecule has 0 fully saturated rings. The Morgan fingerprint density at radius 1 is 0.197 bits per heavy atom. The van der Waals surface area contributed by atoms with E-state index in [1.54, 1.807) is 0 Å². The van der Waals surface area contributed by atoms with Crippen molar-refractivity contribution >= 4 is 54.1 Å². The highest BCUT2D eigenvalue weighted by Crippen LogP contribution is 2.49. The van der Waals surface area contributed by atoms with Crippen molar-refractivity contribution in [2.24, 2.45) is 0 Å². The highest BCUT2D eigenvalue weighted by Gasteiger charge is 2.23. The van der Waals surface area contributed by atoms with Crippen LogP contribution in [0.2, 0.25) is 0 Å². The molecular formula is C60H37N. The first-order valence-corrected chi connectivity index (χ1v) is 21.2. The van der Waals surface area contributed by atoms with Gasteiger partial charge in [0.05, 0.1) is 11.0 Å². The van der Waals surface area contributed by atoms with Gasteiger partial charge in [0.1, 0.15) is 0 Å². The first-order chi connectivity index (χ1) is 30.3. The number of hydrogen-bond donors (Lipinski definition) is 0. The highest BCUT2D eigenvalue weighted by molar-refractivity contribution is 6.25. The molecular weight excluding hydrogens is 735 g/mol. The van der Waals surface area contributed by atoms with E-state index in [9.17, 15) is 0 Å². The smallest absolute Gasteiger partial charge is 0.0541 e. The van der Waals surface area contributed by atoms with Crippen molar-refractivity contribution in [2.75, 3.05) is 0 Å². The van der Waals surface area contributed by atoms with Gasteiger partial charge in [-0.1, -0.05) is 182 Å². The van der Waals surface area contributed by atoms with Crippen LogP contribution in [0, 0.1) is 0 Å². The Morgan fingerprint density at radius 2 is 0.541 bits per heavy atom.